The largest absolute Gasteiger partial charge is 0.480 e. The lowest BCUT2D eigenvalue weighted by Crippen LogP contribution is -2.43. The van der Waals surface area contributed by atoms with E-state index in [1.165, 1.54) is 32.2 Å². The SMILES string of the molecule is Cc1c(F)cccc1-c1cn(C(C)C(=O)O)c(=O)n(CC(C)C)c1=O. The number of carbonyl (C=O) groups is 1. The number of hydrogen-bond acceptors (Lipinski definition) is 3. The normalized spacial score (nSPS) is 12.4. The molecule has 134 valence electrons. The lowest BCUT2D eigenvalue weighted by molar-refractivity contribution is -0.140. The molecule has 0 spiro atoms. The molecule has 1 aromatic carbocycles. The smallest absolute Gasteiger partial charge is 0.331 e. The molecule has 0 bridgehead atoms. The first-order valence-corrected chi connectivity index (χ1v) is 7.99. The summed E-state index contributed by atoms with van der Waals surface area (Å²) in [7, 11) is 0. The van der Waals surface area contributed by atoms with Crippen LogP contribution in [0.15, 0.2) is 34.0 Å². The van der Waals surface area contributed by atoms with Crippen LogP contribution in [0.1, 0.15) is 32.4 Å². The lowest BCUT2D eigenvalue weighted by atomic mass is 10.0. The fourth-order valence-corrected chi connectivity index (χ4v) is 2.63. The van der Waals surface area contributed by atoms with E-state index in [0.717, 1.165) is 9.13 Å². The molecule has 0 aliphatic heterocycles. The molecule has 7 heteroatoms. The van der Waals surface area contributed by atoms with E-state index < -0.39 is 29.1 Å². The maximum absolute atomic E-state index is 13.9. The van der Waals surface area contributed by atoms with Crippen molar-refractivity contribution in [2.75, 3.05) is 0 Å². The molecule has 0 aliphatic carbocycles. The van der Waals surface area contributed by atoms with Crippen LogP contribution in [0.5, 0.6) is 0 Å². The van der Waals surface area contributed by atoms with Gasteiger partial charge >= 0.3 is 11.7 Å². The minimum atomic E-state index is -1.20. The van der Waals surface area contributed by atoms with E-state index in [-0.39, 0.29) is 23.6 Å². The highest BCUT2D eigenvalue weighted by Gasteiger charge is 2.21. The van der Waals surface area contributed by atoms with E-state index >= 15 is 0 Å². The van der Waals surface area contributed by atoms with Crippen LogP contribution in [0.2, 0.25) is 0 Å². The van der Waals surface area contributed by atoms with E-state index in [1.807, 2.05) is 13.8 Å². The number of carboxylic acid groups (broad SMARTS) is 1. The highest BCUT2D eigenvalue weighted by atomic mass is 19.1. The fraction of sp³-hybridized carbons (Fsp3) is 0.389. The van der Waals surface area contributed by atoms with Crippen molar-refractivity contribution in [1.82, 2.24) is 9.13 Å². The number of carboxylic acids is 1. The summed E-state index contributed by atoms with van der Waals surface area (Å²) in [6, 6.07) is 3.18. The minimum absolute atomic E-state index is 0.00263. The highest BCUT2D eigenvalue weighted by molar-refractivity contribution is 5.72. The third-order valence-corrected chi connectivity index (χ3v) is 4.08. The zero-order valence-corrected chi connectivity index (χ0v) is 14.6. The van der Waals surface area contributed by atoms with Gasteiger partial charge in [-0.1, -0.05) is 26.0 Å². The van der Waals surface area contributed by atoms with Gasteiger partial charge in [0.2, 0.25) is 0 Å². The summed E-state index contributed by atoms with van der Waals surface area (Å²) >= 11 is 0. The predicted octanol–water partition coefficient (Wildman–Crippen LogP) is 2.43. The summed E-state index contributed by atoms with van der Waals surface area (Å²) in [6.45, 7) is 6.73. The molecular formula is C18H21FN2O4. The number of aliphatic carboxylic acids is 1. The number of hydrogen-bond donors (Lipinski definition) is 1. The van der Waals surface area contributed by atoms with E-state index in [1.54, 1.807) is 6.07 Å². The monoisotopic (exact) mass is 348 g/mol. The van der Waals surface area contributed by atoms with Crippen LogP contribution in [0.4, 0.5) is 4.39 Å². The van der Waals surface area contributed by atoms with Crippen molar-refractivity contribution in [3.05, 3.63) is 56.6 Å². The van der Waals surface area contributed by atoms with Crippen LogP contribution >= 0.6 is 0 Å². The number of aromatic nitrogens is 2. The van der Waals surface area contributed by atoms with Crippen LogP contribution in [-0.2, 0) is 11.3 Å². The highest BCUT2D eigenvalue weighted by Crippen LogP contribution is 2.22. The Labute approximate surface area is 144 Å². The lowest BCUT2D eigenvalue weighted by Gasteiger charge is -2.17. The first-order chi connectivity index (χ1) is 11.6. The average Bonchev–Trinajstić information content (AvgIpc) is 2.54. The quantitative estimate of drug-likeness (QED) is 0.900. The van der Waals surface area contributed by atoms with Crippen molar-refractivity contribution in [3.8, 4) is 11.1 Å². The summed E-state index contributed by atoms with van der Waals surface area (Å²) < 4.78 is 15.9. The summed E-state index contributed by atoms with van der Waals surface area (Å²) in [6.07, 6.45) is 1.21. The minimum Gasteiger partial charge on any atom is -0.480 e. The fourth-order valence-electron chi connectivity index (χ4n) is 2.63. The van der Waals surface area contributed by atoms with Crippen LogP contribution in [0, 0.1) is 18.7 Å². The molecule has 0 radical (unpaired) electrons. The van der Waals surface area contributed by atoms with Crippen molar-refractivity contribution < 1.29 is 14.3 Å². The van der Waals surface area contributed by atoms with Gasteiger partial charge in [0.15, 0.2) is 0 Å². The maximum Gasteiger partial charge on any atom is 0.331 e. The van der Waals surface area contributed by atoms with Crippen LogP contribution in [0.25, 0.3) is 11.1 Å². The van der Waals surface area contributed by atoms with Crippen LogP contribution in [0.3, 0.4) is 0 Å². The second kappa shape index (κ2) is 7.04. The van der Waals surface area contributed by atoms with Gasteiger partial charge < -0.3 is 5.11 Å². The van der Waals surface area contributed by atoms with Gasteiger partial charge in [-0.25, -0.2) is 14.0 Å². The van der Waals surface area contributed by atoms with Crippen molar-refractivity contribution in [2.45, 2.75) is 40.3 Å². The zero-order chi connectivity index (χ0) is 18.9. The third kappa shape index (κ3) is 3.55. The van der Waals surface area contributed by atoms with E-state index in [9.17, 15) is 23.9 Å². The summed E-state index contributed by atoms with van der Waals surface area (Å²) in [5.41, 5.74) is -0.532. The molecule has 1 heterocycles. The van der Waals surface area contributed by atoms with Gasteiger partial charge in [-0.15, -0.1) is 0 Å². The molecule has 6 nitrogen and oxygen atoms in total. The maximum atomic E-state index is 13.9. The Morgan fingerprint density at radius 1 is 1.20 bits per heavy atom. The van der Waals surface area contributed by atoms with Crippen LogP contribution < -0.4 is 11.2 Å². The van der Waals surface area contributed by atoms with Gasteiger partial charge in [-0.05, 0) is 37.0 Å². The van der Waals surface area contributed by atoms with Gasteiger partial charge in [-0.2, -0.15) is 0 Å². The van der Waals surface area contributed by atoms with Gasteiger partial charge in [0.1, 0.15) is 11.9 Å². The van der Waals surface area contributed by atoms with Crippen molar-refractivity contribution in [2.24, 2.45) is 5.92 Å². The molecule has 0 amide bonds. The molecule has 2 aromatic rings. The molecule has 25 heavy (non-hydrogen) atoms. The predicted molar refractivity (Wildman–Crippen MR) is 92.3 cm³/mol. The Morgan fingerprint density at radius 2 is 1.84 bits per heavy atom. The molecule has 0 saturated heterocycles. The second-order valence-corrected chi connectivity index (χ2v) is 6.47. The van der Waals surface area contributed by atoms with Gasteiger partial charge in [0.05, 0.1) is 5.56 Å². The first kappa shape index (κ1) is 18.6. The number of benzene rings is 1. The summed E-state index contributed by atoms with van der Waals surface area (Å²) in [5, 5.41) is 9.26. The Kier molecular flexibility index (Phi) is 5.25. The summed E-state index contributed by atoms with van der Waals surface area (Å²) in [5.74, 6) is -1.67. The standard InChI is InChI=1S/C18H21FN2O4/c1-10(2)8-21-16(22)14(13-6-5-7-15(19)11(13)3)9-20(18(21)25)12(4)17(23)24/h5-7,9-10,12H,8H2,1-4H3,(H,23,24). The number of nitrogens with zero attached hydrogens (tertiary/aromatic N) is 2. The van der Waals surface area contributed by atoms with Crippen molar-refractivity contribution in [1.29, 1.82) is 0 Å². The molecule has 2 rings (SSSR count). The van der Waals surface area contributed by atoms with Crippen molar-refractivity contribution in [3.63, 3.8) is 0 Å². The van der Waals surface area contributed by atoms with E-state index in [0.29, 0.717) is 5.56 Å². The average molecular weight is 348 g/mol. The molecule has 1 N–H and O–H groups in total. The Morgan fingerprint density at radius 3 is 2.40 bits per heavy atom. The molecule has 1 unspecified atom stereocenters. The number of rotatable bonds is 5. The van der Waals surface area contributed by atoms with E-state index in [4.69, 9.17) is 0 Å². The van der Waals surface area contributed by atoms with Crippen LogP contribution in [-0.4, -0.2) is 20.2 Å². The molecule has 0 saturated carbocycles. The first-order valence-electron chi connectivity index (χ1n) is 7.99. The molecule has 1 aromatic heterocycles. The number of halogens is 1. The summed E-state index contributed by atoms with van der Waals surface area (Å²) in [4.78, 5) is 36.7. The third-order valence-electron chi connectivity index (χ3n) is 4.08. The van der Waals surface area contributed by atoms with Gasteiger partial charge in [0, 0.05) is 12.7 Å². The van der Waals surface area contributed by atoms with Gasteiger partial charge in [-0.3, -0.25) is 13.9 Å². The van der Waals surface area contributed by atoms with E-state index in [2.05, 4.69) is 0 Å². The molecule has 0 aliphatic rings. The van der Waals surface area contributed by atoms with Gasteiger partial charge in [0.25, 0.3) is 5.56 Å². The topological polar surface area (TPSA) is 81.3 Å². The Hall–Kier alpha value is -2.70. The Balaban J connectivity index is 2.86. The van der Waals surface area contributed by atoms with Crippen molar-refractivity contribution >= 4 is 5.97 Å². The Bertz CT molecular complexity index is 928. The zero-order valence-electron chi connectivity index (χ0n) is 14.6. The molecular weight excluding hydrogens is 327 g/mol. The molecule has 1 atom stereocenters. The molecule has 0 fully saturated rings. The second-order valence-electron chi connectivity index (χ2n) is 6.47.